The van der Waals surface area contributed by atoms with Crippen LogP contribution in [-0.4, -0.2) is 31.1 Å². The fraction of sp³-hybridized carbons (Fsp3) is 0.192. The molecule has 0 bridgehead atoms. The number of benzene rings is 3. The summed E-state index contributed by atoms with van der Waals surface area (Å²) in [5.74, 6) is -0.770. The van der Waals surface area contributed by atoms with Crippen LogP contribution in [0.1, 0.15) is 24.0 Å². The van der Waals surface area contributed by atoms with E-state index in [9.17, 15) is 9.59 Å². The van der Waals surface area contributed by atoms with E-state index in [4.69, 9.17) is 14.5 Å². The highest BCUT2D eigenvalue weighted by Crippen LogP contribution is 2.55. The fourth-order valence-electron chi connectivity index (χ4n) is 4.82. The Hall–Kier alpha value is -3.73. The Morgan fingerprint density at radius 1 is 0.806 bits per heavy atom. The number of hydrogen-bond donors (Lipinski definition) is 0. The van der Waals surface area contributed by atoms with Crippen LogP contribution in [-0.2, 0) is 24.5 Å². The summed E-state index contributed by atoms with van der Waals surface area (Å²) in [4.78, 5) is 30.2. The highest BCUT2D eigenvalue weighted by Gasteiger charge is 2.48. The molecule has 1 aliphatic carbocycles. The van der Waals surface area contributed by atoms with E-state index in [-0.39, 0.29) is 24.8 Å². The molecule has 4 aromatic rings. The SMILES string of the molecule is COC(=O)CC1(CC(=O)OC)c2cc3ccccc3nc2-c2c1ccc1ccccc21. The zero-order chi connectivity index (χ0) is 21.6. The van der Waals surface area contributed by atoms with Gasteiger partial charge in [-0.05, 0) is 34.0 Å². The van der Waals surface area contributed by atoms with Gasteiger partial charge in [-0.15, -0.1) is 0 Å². The van der Waals surface area contributed by atoms with Gasteiger partial charge in [0.1, 0.15) is 0 Å². The van der Waals surface area contributed by atoms with Crippen LogP contribution in [0.4, 0.5) is 0 Å². The average molecular weight is 411 g/mol. The van der Waals surface area contributed by atoms with Crippen LogP contribution in [0.2, 0.25) is 0 Å². The number of methoxy groups -OCH3 is 2. The number of esters is 2. The second-order valence-electron chi connectivity index (χ2n) is 7.87. The van der Waals surface area contributed by atoms with Crippen molar-refractivity contribution in [3.63, 3.8) is 0 Å². The number of aromatic nitrogens is 1. The Kier molecular flexibility index (Phi) is 4.47. The molecule has 0 aliphatic heterocycles. The van der Waals surface area contributed by atoms with Gasteiger partial charge in [0.25, 0.3) is 0 Å². The Morgan fingerprint density at radius 2 is 1.45 bits per heavy atom. The van der Waals surface area contributed by atoms with Gasteiger partial charge in [-0.25, -0.2) is 4.98 Å². The maximum absolute atomic E-state index is 12.6. The minimum atomic E-state index is -0.911. The van der Waals surface area contributed by atoms with Crippen LogP contribution in [0.25, 0.3) is 32.9 Å². The molecule has 1 aromatic heterocycles. The van der Waals surface area contributed by atoms with Crippen molar-refractivity contribution in [1.29, 1.82) is 0 Å². The molecule has 0 spiro atoms. The molecule has 0 N–H and O–H groups in total. The fourth-order valence-corrected chi connectivity index (χ4v) is 4.82. The van der Waals surface area contributed by atoms with Gasteiger partial charge in [-0.1, -0.05) is 54.6 Å². The molecule has 0 atom stereocenters. The van der Waals surface area contributed by atoms with E-state index in [1.54, 1.807) is 0 Å². The van der Waals surface area contributed by atoms with Crippen molar-refractivity contribution in [3.05, 3.63) is 77.9 Å². The minimum Gasteiger partial charge on any atom is -0.469 e. The molecular formula is C26H21NO4. The van der Waals surface area contributed by atoms with Gasteiger partial charge >= 0.3 is 11.9 Å². The summed E-state index contributed by atoms with van der Waals surface area (Å²) >= 11 is 0. The summed E-state index contributed by atoms with van der Waals surface area (Å²) < 4.78 is 10.1. The molecule has 0 unspecified atom stereocenters. The van der Waals surface area contributed by atoms with Gasteiger partial charge in [-0.3, -0.25) is 9.59 Å². The van der Waals surface area contributed by atoms with Crippen LogP contribution in [0.15, 0.2) is 66.7 Å². The predicted molar refractivity (Wildman–Crippen MR) is 119 cm³/mol. The van der Waals surface area contributed by atoms with Gasteiger partial charge in [0.15, 0.2) is 0 Å². The number of para-hydroxylation sites is 1. The number of fused-ring (bicyclic) bond motifs is 6. The Bertz CT molecular complexity index is 1340. The molecule has 5 rings (SSSR count). The molecule has 5 nitrogen and oxygen atoms in total. The third-order valence-corrected chi connectivity index (χ3v) is 6.27. The molecule has 5 heteroatoms. The highest BCUT2D eigenvalue weighted by molar-refractivity contribution is 6.04. The molecule has 154 valence electrons. The lowest BCUT2D eigenvalue weighted by molar-refractivity contribution is -0.144. The highest BCUT2D eigenvalue weighted by atomic mass is 16.5. The quantitative estimate of drug-likeness (QED) is 0.452. The molecule has 0 radical (unpaired) electrons. The summed E-state index contributed by atoms with van der Waals surface area (Å²) in [7, 11) is 2.73. The monoisotopic (exact) mass is 411 g/mol. The van der Waals surface area contributed by atoms with E-state index in [2.05, 4.69) is 18.2 Å². The number of pyridine rings is 1. The lowest BCUT2D eigenvalue weighted by Crippen LogP contribution is -2.32. The zero-order valence-corrected chi connectivity index (χ0v) is 17.3. The van der Waals surface area contributed by atoms with Crippen LogP contribution < -0.4 is 0 Å². The number of carbonyl (C=O) groups excluding carboxylic acids is 2. The van der Waals surface area contributed by atoms with Crippen molar-refractivity contribution >= 4 is 33.6 Å². The summed E-state index contributed by atoms with van der Waals surface area (Å²) in [6, 6.07) is 22.1. The third-order valence-electron chi connectivity index (χ3n) is 6.27. The normalized spacial score (nSPS) is 13.6. The van der Waals surface area contributed by atoms with Crippen molar-refractivity contribution in [3.8, 4) is 11.3 Å². The van der Waals surface area contributed by atoms with Crippen molar-refractivity contribution in [2.75, 3.05) is 14.2 Å². The second kappa shape index (κ2) is 7.20. The molecule has 1 aliphatic rings. The Morgan fingerprint density at radius 3 is 2.16 bits per heavy atom. The van der Waals surface area contributed by atoms with Gasteiger partial charge in [-0.2, -0.15) is 0 Å². The molecule has 0 saturated carbocycles. The van der Waals surface area contributed by atoms with Crippen LogP contribution in [0, 0.1) is 0 Å². The molecule has 31 heavy (non-hydrogen) atoms. The summed E-state index contributed by atoms with van der Waals surface area (Å²) in [5, 5.41) is 3.08. The molecule has 0 fully saturated rings. The number of nitrogens with zero attached hydrogens (tertiary/aromatic N) is 1. The number of hydrogen-bond acceptors (Lipinski definition) is 5. The Balaban J connectivity index is 1.91. The van der Waals surface area contributed by atoms with E-state index in [1.807, 2.05) is 48.5 Å². The molecule has 0 amide bonds. The maximum Gasteiger partial charge on any atom is 0.306 e. The van der Waals surface area contributed by atoms with E-state index >= 15 is 0 Å². The van der Waals surface area contributed by atoms with Gasteiger partial charge in [0, 0.05) is 16.4 Å². The number of carbonyl (C=O) groups is 2. The molecule has 0 saturated heterocycles. The maximum atomic E-state index is 12.6. The lowest BCUT2D eigenvalue weighted by atomic mass is 9.72. The van der Waals surface area contributed by atoms with Crippen molar-refractivity contribution in [2.24, 2.45) is 0 Å². The van der Waals surface area contributed by atoms with Crippen molar-refractivity contribution in [1.82, 2.24) is 4.98 Å². The van der Waals surface area contributed by atoms with Crippen LogP contribution >= 0.6 is 0 Å². The average Bonchev–Trinajstić information content (AvgIpc) is 3.06. The molecule has 1 heterocycles. The number of rotatable bonds is 4. The smallest absolute Gasteiger partial charge is 0.306 e. The van der Waals surface area contributed by atoms with Crippen molar-refractivity contribution in [2.45, 2.75) is 18.3 Å². The third kappa shape index (κ3) is 2.88. The minimum absolute atomic E-state index is 0.0248. The summed E-state index contributed by atoms with van der Waals surface area (Å²) in [6.07, 6.45) is 0.0495. The van der Waals surface area contributed by atoms with Gasteiger partial charge in [0.2, 0.25) is 0 Å². The summed E-state index contributed by atoms with van der Waals surface area (Å²) in [6.45, 7) is 0. The van der Waals surface area contributed by atoms with E-state index in [0.717, 1.165) is 44.1 Å². The molecular weight excluding hydrogens is 390 g/mol. The first-order valence-corrected chi connectivity index (χ1v) is 10.1. The van der Waals surface area contributed by atoms with Gasteiger partial charge < -0.3 is 9.47 Å². The van der Waals surface area contributed by atoms with E-state index in [0.29, 0.717) is 0 Å². The van der Waals surface area contributed by atoms with Crippen molar-refractivity contribution < 1.29 is 19.1 Å². The largest absolute Gasteiger partial charge is 0.469 e. The van der Waals surface area contributed by atoms with Gasteiger partial charge in [0.05, 0.1) is 38.3 Å². The zero-order valence-electron chi connectivity index (χ0n) is 17.3. The second-order valence-corrected chi connectivity index (χ2v) is 7.87. The predicted octanol–water partition coefficient (Wildman–Crippen LogP) is 4.78. The summed E-state index contributed by atoms with van der Waals surface area (Å²) in [5.41, 5.74) is 3.48. The first-order chi connectivity index (χ1) is 15.1. The van der Waals surface area contributed by atoms with E-state index < -0.39 is 5.41 Å². The first kappa shape index (κ1) is 19.2. The number of ether oxygens (including phenoxy) is 2. The van der Waals surface area contributed by atoms with Crippen LogP contribution in [0.5, 0.6) is 0 Å². The topological polar surface area (TPSA) is 65.5 Å². The standard InChI is InChI=1S/C26H21NO4/c1-30-22(28)14-26(15-23(29)31-2)19-12-11-16-7-3-5-9-18(16)24(19)25-20(26)13-17-8-4-6-10-21(17)27-25/h3-13H,14-15H2,1-2H3. The van der Waals surface area contributed by atoms with E-state index in [1.165, 1.54) is 14.2 Å². The molecule has 3 aromatic carbocycles. The lowest BCUT2D eigenvalue weighted by Gasteiger charge is -2.30. The first-order valence-electron chi connectivity index (χ1n) is 10.1. The Labute approximate surface area is 179 Å². The van der Waals surface area contributed by atoms with Crippen LogP contribution in [0.3, 0.4) is 0 Å².